The van der Waals surface area contributed by atoms with E-state index in [4.69, 9.17) is 13.8 Å². The first-order valence-electron chi connectivity index (χ1n) is 11.5. The predicted octanol–water partition coefficient (Wildman–Crippen LogP) is 4.04. The quantitative estimate of drug-likeness (QED) is 0.114. The number of hydrogen-bond acceptors (Lipinski definition) is 6. The summed E-state index contributed by atoms with van der Waals surface area (Å²) < 4.78 is 28.6. The van der Waals surface area contributed by atoms with E-state index in [-0.39, 0.29) is 25.0 Å². The predicted molar refractivity (Wildman–Crippen MR) is 125 cm³/mol. The van der Waals surface area contributed by atoms with Crippen LogP contribution in [-0.2, 0) is 23.1 Å². The van der Waals surface area contributed by atoms with E-state index in [2.05, 4.69) is 12.2 Å². The number of nitrogens with one attached hydrogen (secondary N) is 1. The van der Waals surface area contributed by atoms with Gasteiger partial charge in [0, 0.05) is 12.8 Å². The van der Waals surface area contributed by atoms with Crippen LogP contribution in [0.1, 0.15) is 65.2 Å². The van der Waals surface area contributed by atoms with Gasteiger partial charge in [0.15, 0.2) is 5.78 Å². The molecule has 8 nitrogen and oxygen atoms in total. The maximum atomic E-state index is 12.1. The molecule has 0 rings (SSSR count). The van der Waals surface area contributed by atoms with E-state index in [1.165, 1.54) is 57.7 Å². The number of allylic oxidation sites excluding steroid dienone is 1. The van der Waals surface area contributed by atoms with Crippen LogP contribution < -0.4 is 5.32 Å². The Labute approximate surface area is 189 Å². The van der Waals surface area contributed by atoms with Crippen molar-refractivity contribution in [3.8, 4) is 0 Å². The van der Waals surface area contributed by atoms with Gasteiger partial charge in [0.2, 0.25) is 0 Å². The van der Waals surface area contributed by atoms with Crippen molar-refractivity contribution in [2.75, 3.05) is 54.1 Å². The van der Waals surface area contributed by atoms with Crippen molar-refractivity contribution >= 4 is 13.6 Å². The second-order valence-corrected chi connectivity index (χ2v) is 10.4. The number of rotatable bonds is 21. The summed E-state index contributed by atoms with van der Waals surface area (Å²) in [4.78, 5) is 21.0. The lowest BCUT2D eigenvalue weighted by molar-refractivity contribution is -0.870. The van der Waals surface area contributed by atoms with Crippen molar-refractivity contribution in [2.45, 2.75) is 71.3 Å². The number of carbonyl (C=O) groups is 1. The largest absolute Gasteiger partial charge is 0.472 e. The van der Waals surface area contributed by atoms with E-state index in [0.717, 1.165) is 12.8 Å². The normalized spacial score (nSPS) is 15.2. The highest BCUT2D eigenvalue weighted by molar-refractivity contribution is 7.47. The molecule has 2 atom stereocenters. The van der Waals surface area contributed by atoms with Gasteiger partial charge in [-0.1, -0.05) is 51.9 Å². The molecule has 2 N–H and O–H groups in total. The van der Waals surface area contributed by atoms with Crippen LogP contribution in [0.25, 0.3) is 0 Å². The molecule has 0 radical (unpaired) electrons. The number of carbonyl (C=O) groups excluding carboxylic acids is 1. The molecule has 1 unspecified atom stereocenters. The molecule has 31 heavy (non-hydrogen) atoms. The number of quaternary nitrogens is 1. The lowest BCUT2D eigenvalue weighted by atomic mass is 10.1. The molecule has 0 aromatic carbocycles. The zero-order valence-electron chi connectivity index (χ0n) is 20.3. The molecule has 0 aliphatic rings. The Balaban J connectivity index is 4.22. The number of hydrogen-bond donors (Lipinski definition) is 2. The fourth-order valence-corrected chi connectivity index (χ4v) is 3.42. The Morgan fingerprint density at radius 1 is 1.00 bits per heavy atom. The molecular formula is C22H46N2O6P+. The highest BCUT2D eigenvalue weighted by Crippen LogP contribution is 2.43. The third kappa shape index (κ3) is 22.2. The minimum Gasteiger partial charge on any atom is -0.383 e. The van der Waals surface area contributed by atoms with E-state index >= 15 is 0 Å². The van der Waals surface area contributed by atoms with Gasteiger partial charge in [0.05, 0.1) is 40.4 Å². The molecule has 0 aromatic rings. The fourth-order valence-electron chi connectivity index (χ4n) is 2.66. The van der Waals surface area contributed by atoms with E-state index in [1.807, 2.05) is 21.1 Å². The van der Waals surface area contributed by atoms with Gasteiger partial charge in [-0.25, -0.2) is 4.57 Å². The highest BCUT2D eigenvalue weighted by Gasteiger charge is 2.24. The maximum Gasteiger partial charge on any atom is 0.472 e. The van der Waals surface area contributed by atoms with Crippen LogP contribution in [0.3, 0.4) is 0 Å². The summed E-state index contributed by atoms with van der Waals surface area (Å²) in [5.74, 6) is -0.0940. The summed E-state index contributed by atoms with van der Waals surface area (Å²) in [6.07, 6.45) is 12.7. The van der Waals surface area contributed by atoms with Crippen LogP contribution in [0.5, 0.6) is 0 Å². The number of nitrogens with zero attached hydrogens (tertiary/aromatic N) is 1. The summed E-state index contributed by atoms with van der Waals surface area (Å²) in [5.41, 5.74) is 0. The molecule has 0 bridgehead atoms. The van der Waals surface area contributed by atoms with Crippen molar-refractivity contribution in [3.63, 3.8) is 0 Å². The summed E-state index contributed by atoms with van der Waals surface area (Å²) >= 11 is 0. The third-order valence-electron chi connectivity index (χ3n) is 4.57. The number of unbranched alkanes of at least 4 members (excludes halogenated alkanes) is 7. The molecule has 0 aromatic heterocycles. The Bertz CT molecular complexity index is 537. The number of phosphoric acid groups is 1. The maximum absolute atomic E-state index is 12.1. The van der Waals surface area contributed by atoms with E-state index in [1.54, 1.807) is 0 Å². The first-order valence-corrected chi connectivity index (χ1v) is 13.0. The smallest absolute Gasteiger partial charge is 0.383 e. The van der Waals surface area contributed by atoms with Crippen LogP contribution >= 0.6 is 7.82 Å². The van der Waals surface area contributed by atoms with Gasteiger partial charge in [-0.2, -0.15) is 0 Å². The molecule has 0 saturated heterocycles. The molecular weight excluding hydrogens is 420 g/mol. The summed E-state index contributed by atoms with van der Waals surface area (Å²) in [6, 6.07) is -0.368. The molecule has 0 fully saturated rings. The van der Waals surface area contributed by atoms with Crippen LogP contribution in [0.4, 0.5) is 0 Å². The standard InChI is InChI=1S/C22H45N2O6P/c1-6-7-8-9-10-11-12-13-17-28-19-22(23-15-14-21(2)25)20-30-31(26,27)29-18-16-24(3,4)5/h14-15,22H,6-13,16-20H2,1-5H3,(H-,23,25,26,27)/p+1/t22-/m1/s1/i31+1. The van der Waals surface area contributed by atoms with Crippen molar-refractivity contribution < 1.29 is 32.5 Å². The summed E-state index contributed by atoms with van der Waals surface area (Å²) in [6.45, 7) is 5.23. The second-order valence-electron chi connectivity index (χ2n) is 8.97. The average Bonchev–Trinajstić information content (AvgIpc) is 2.65. The van der Waals surface area contributed by atoms with Crippen LogP contribution in [0, 0.1) is 0 Å². The summed E-state index contributed by atoms with van der Waals surface area (Å²) in [7, 11) is 1.76. The molecule has 0 amide bonds. The highest BCUT2D eigenvalue weighted by atomic mass is 32.2. The Hall–Kier alpha value is -0.760. The SMILES string of the molecule is CCCCCCCCCCOC[C@H](CO[32P](=O)(O)OCC[N+](C)(C)C)N/C=C\C(C)=O. The number of phosphoric ester groups is 1. The van der Waals surface area contributed by atoms with Crippen LogP contribution in [0.2, 0.25) is 0 Å². The number of likely N-dealkylation sites (N-methyl/N-ethyl adjacent to an activating group) is 1. The van der Waals surface area contributed by atoms with Crippen molar-refractivity contribution in [1.82, 2.24) is 5.32 Å². The zero-order valence-corrected chi connectivity index (χ0v) is 21.2. The van der Waals surface area contributed by atoms with Gasteiger partial charge in [0.1, 0.15) is 13.2 Å². The van der Waals surface area contributed by atoms with Gasteiger partial charge in [-0.3, -0.25) is 13.8 Å². The van der Waals surface area contributed by atoms with Crippen LogP contribution in [-0.4, -0.2) is 75.3 Å². The Morgan fingerprint density at radius 2 is 1.61 bits per heavy atom. The van der Waals surface area contributed by atoms with E-state index in [0.29, 0.717) is 24.2 Å². The van der Waals surface area contributed by atoms with Gasteiger partial charge >= 0.3 is 7.82 Å². The Kier molecular flexibility index (Phi) is 17.3. The van der Waals surface area contributed by atoms with Gasteiger partial charge in [-0.15, -0.1) is 0 Å². The van der Waals surface area contributed by atoms with Gasteiger partial charge in [-0.05, 0) is 19.4 Å². The summed E-state index contributed by atoms with van der Waals surface area (Å²) in [5, 5.41) is 2.99. The van der Waals surface area contributed by atoms with Gasteiger partial charge < -0.3 is 19.4 Å². The number of ketones is 1. The molecule has 0 heterocycles. The van der Waals surface area contributed by atoms with Crippen molar-refractivity contribution in [2.24, 2.45) is 0 Å². The molecule has 0 spiro atoms. The molecule has 184 valence electrons. The van der Waals surface area contributed by atoms with E-state index < -0.39 is 7.82 Å². The second kappa shape index (κ2) is 17.8. The fraction of sp³-hybridized carbons (Fsp3) is 0.864. The Morgan fingerprint density at radius 3 is 2.19 bits per heavy atom. The third-order valence-corrected chi connectivity index (χ3v) is 5.55. The minimum atomic E-state index is -4.15. The molecule has 0 aliphatic heterocycles. The topological polar surface area (TPSA) is 94.1 Å². The lowest BCUT2D eigenvalue weighted by Crippen LogP contribution is -2.37. The minimum absolute atomic E-state index is 0.0716. The zero-order chi connectivity index (χ0) is 23.6. The molecule has 9 heteroatoms. The van der Waals surface area contributed by atoms with Gasteiger partial charge in [0.25, 0.3) is 0 Å². The average molecular weight is 467 g/mol. The molecule has 0 saturated carbocycles. The lowest BCUT2D eigenvalue weighted by Gasteiger charge is -2.24. The van der Waals surface area contributed by atoms with E-state index in [9.17, 15) is 14.3 Å². The van der Waals surface area contributed by atoms with Crippen molar-refractivity contribution in [3.05, 3.63) is 12.3 Å². The first kappa shape index (κ1) is 30.2. The molecule has 0 aliphatic carbocycles. The van der Waals surface area contributed by atoms with Crippen LogP contribution in [0.15, 0.2) is 12.3 Å². The first-order chi connectivity index (χ1) is 14.6. The monoisotopic (exact) mass is 466 g/mol. The van der Waals surface area contributed by atoms with Crippen molar-refractivity contribution in [1.29, 1.82) is 0 Å². The number of ether oxygens (including phenoxy) is 1.